The van der Waals surface area contributed by atoms with Crippen LogP contribution < -0.4 is 11.1 Å². The highest BCUT2D eigenvalue weighted by atomic mass is 15.0. The predicted molar refractivity (Wildman–Crippen MR) is 79.1 cm³/mol. The summed E-state index contributed by atoms with van der Waals surface area (Å²) >= 11 is 0. The first kappa shape index (κ1) is 12.5. The van der Waals surface area contributed by atoms with E-state index >= 15 is 0 Å². The van der Waals surface area contributed by atoms with E-state index in [4.69, 9.17) is 5.73 Å². The van der Waals surface area contributed by atoms with Crippen molar-refractivity contribution < 1.29 is 0 Å². The number of rotatable bonds is 2. The predicted octanol–water partition coefficient (Wildman–Crippen LogP) is 3.02. The maximum atomic E-state index is 9.18. The summed E-state index contributed by atoms with van der Waals surface area (Å²) in [7, 11) is 0. The average molecular weight is 264 g/mol. The summed E-state index contributed by atoms with van der Waals surface area (Å²) in [6, 6.07) is 12.5. The van der Waals surface area contributed by atoms with Gasteiger partial charge in [-0.25, -0.2) is 4.98 Å². The molecule has 1 aromatic heterocycles. The number of anilines is 2. The minimum absolute atomic E-state index is 0.211. The molecule has 1 heterocycles. The number of fused-ring (bicyclic) bond motifs is 1. The lowest BCUT2D eigenvalue weighted by atomic mass is 9.87. The Labute approximate surface area is 118 Å². The van der Waals surface area contributed by atoms with Gasteiger partial charge in [-0.05, 0) is 36.5 Å². The molecule has 0 fully saturated rings. The molecule has 0 bridgehead atoms. The fourth-order valence-corrected chi connectivity index (χ4v) is 2.75. The van der Waals surface area contributed by atoms with E-state index in [9.17, 15) is 5.26 Å². The number of pyridine rings is 1. The molecule has 0 aliphatic heterocycles. The summed E-state index contributed by atoms with van der Waals surface area (Å²) in [5.74, 6) is 0.614. The van der Waals surface area contributed by atoms with Crippen LogP contribution in [-0.2, 0) is 6.42 Å². The second-order valence-electron chi connectivity index (χ2n) is 5.06. The van der Waals surface area contributed by atoms with Crippen LogP contribution in [0.3, 0.4) is 0 Å². The standard InChI is InChI=1S/C16H16N4/c17-9-12-8-13(18)10-19-16(12)20-15-7-3-5-11-4-1-2-6-14(11)15/h1-2,4,6,8,10,15H,3,5,7,18H2,(H,19,20). The molecule has 4 heteroatoms. The first-order valence-electron chi connectivity index (χ1n) is 6.78. The molecule has 0 spiro atoms. The minimum Gasteiger partial charge on any atom is -0.397 e. The highest BCUT2D eigenvalue weighted by molar-refractivity contribution is 5.58. The maximum absolute atomic E-state index is 9.18. The molecule has 1 aliphatic rings. The summed E-state index contributed by atoms with van der Waals surface area (Å²) in [4.78, 5) is 4.26. The Morgan fingerprint density at radius 2 is 2.20 bits per heavy atom. The molecule has 2 aromatic rings. The second kappa shape index (κ2) is 5.22. The molecule has 20 heavy (non-hydrogen) atoms. The molecule has 1 aliphatic carbocycles. The Morgan fingerprint density at radius 3 is 3.05 bits per heavy atom. The van der Waals surface area contributed by atoms with Gasteiger partial charge in [0.05, 0.1) is 23.5 Å². The van der Waals surface area contributed by atoms with Crippen LogP contribution in [0.2, 0.25) is 0 Å². The van der Waals surface area contributed by atoms with Gasteiger partial charge in [-0.1, -0.05) is 24.3 Å². The summed E-state index contributed by atoms with van der Waals surface area (Å²) in [5.41, 5.74) is 9.36. The van der Waals surface area contributed by atoms with E-state index in [1.54, 1.807) is 12.3 Å². The number of nitrogens with one attached hydrogen (secondary N) is 1. The van der Waals surface area contributed by atoms with E-state index in [1.165, 1.54) is 11.1 Å². The number of nitriles is 1. The number of benzene rings is 1. The van der Waals surface area contributed by atoms with Gasteiger partial charge in [0.25, 0.3) is 0 Å². The van der Waals surface area contributed by atoms with Crippen molar-refractivity contribution in [3.8, 4) is 6.07 Å². The van der Waals surface area contributed by atoms with Crippen LogP contribution in [0.15, 0.2) is 36.5 Å². The van der Waals surface area contributed by atoms with E-state index in [-0.39, 0.29) is 6.04 Å². The van der Waals surface area contributed by atoms with Crippen molar-refractivity contribution >= 4 is 11.5 Å². The van der Waals surface area contributed by atoms with Crippen molar-refractivity contribution in [2.75, 3.05) is 11.1 Å². The molecule has 1 unspecified atom stereocenters. The fourth-order valence-electron chi connectivity index (χ4n) is 2.75. The Morgan fingerprint density at radius 1 is 1.35 bits per heavy atom. The lowest BCUT2D eigenvalue weighted by Crippen LogP contribution is -2.18. The lowest BCUT2D eigenvalue weighted by Gasteiger charge is -2.27. The molecule has 0 amide bonds. The molecule has 0 saturated carbocycles. The van der Waals surface area contributed by atoms with E-state index in [1.807, 2.05) is 0 Å². The van der Waals surface area contributed by atoms with Gasteiger partial charge in [-0.15, -0.1) is 0 Å². The smallest absolute Gasteiger partial charge is 0.144 e. The van der Waals surface area contributed by atoms with Crippen molar-refractivity contribution in [2.24, 2.45) is 0 Å². The van der Waals surface area contributed by atoms with Crippen LogP contribution in [0.1, 0.15) is 35.6 Å². The lowest BCUT2D eigenvalue weighted by molar-refractivity contribution is 0.598. The van der Waals surface area contributed by atoms with Crippen LogP contribution in [-0.4, -0.2) is 4.98 Å². The monoisotopic (exact) mass is 264 g/mol. The summed E-state index contributed by atoms with van der Waals surface area (Å²) in [6.07, 6.45) is 4.89. The summed E-state index contributed by atoms with van der Waals surface area (Å²) in [6.45, 7) is 0. The third-order valence-corrected chi connectivity index (χ3v) is 3.71. The second-order valence-corrected chi connectivity index (χ2v) is 5.06. The molecule has 3 N–H and O–H groups in total. The Bertz CT molecular complexity index is 672. The number of hydrogen-bond donors (Lipinski definition) is 2. The molecule has 100 valence electrons. The van der Waals surface area contributed by atoms with Crippen LogP contribution >= 0.6 is 0 Å². The zero-order chi connectivity index (χ0) is 13.9. The van der Waals surface area contributed by atoms with Crippen molar-refractivity contribution in [3.63, 3.8) is 0 Å². The van der Waals surface area contributed by atoms with E-state index in [2.05, 4.69) is 40.6 Å². The number of nitrogen functional groups attached to an aromatic ring is 1. The third-order valence-electron chi connectivity index (χ3n) is 3.71. The van der Waals surface area contributed by atoms with Gasteiger partial charge in [0.15, 0.2) is 0 Å². The highest BCUT2D eigenvalue weighted by Gasteiger charge is 2.20. The third kappa shape index (κ3) is 2.30. The number of nitrogens with two attached hydrogens (primary N) is 1. The van der Waals surface area contributed by atoms with Crippen LogP contribution in [0, 0.1) is 11.3 Å². The maximum Gasteiger partial charge on any atom is 0.144 e. The number of hydrogen-bond acceptors (Lipinski definition) is 4. The highest BCUT2D eigenvalue weighted by Crippen LogP contribution is 2.32. The molecule has 4 nitrogen and oxygen atoms in total. The molecule has 3 rings (SSSR count). The topological polar surface area (TPSA) is 74.7 Å². The van der Waals surface area contributed by atoms with Crippen LogP contribution in [0.4, 0.5) is 11.5 Å². The molecular weight excluding hydrogens is 248 g/mol. The molecule has 1 aromatic carbocycles. The van der Waals surface area contributed by atoms with E-state index < -0.39 is 0 Å². The van der Waals surface area contributed by atoms with Crippen molar-refractivity contribution in [2.45, 2.75) is 25.3 Å². The van der Waals surface area contributed by atoms with E-state index in [0.717, 1.165) is 19.3 Å². The first-order valence-corrected chi connectivity index (χ1v) is 6.78. The SMILES string of the molecule is N#Cc1cc(N)cnc1NC1CCCc2ccccc21. The van der Waals surface area contributed by atoms with Gasteiger partial charge >= 0.3 is 0 Å². The molecular formula is C16H16N4. The van der Waals surface area contributed by atoms with Gasteiger partial charge in [0, 0.05) is 0 Å². The quantitative estimate of drug-likeness (QED) is 0.874. The molecule has 1 atom stereocenters. The first-order chi connectivity index (χ1) is 9.78. The van der Waals surface area contributed by atoms with Gasteiger partial charge in [-0.2, -0.15) is 5.26 Å². The summed E-state index contributed by atoms with van der Waals surface area (Å²) in [5, 5.41) is 12.6. The van der Waals surface area contributed by atoms with Gasteiger partial charge in [0.2, 0.25) is 0 Å². The molecule has 0 radical (unpaired) electrons. The van der Waals surface area contributed by atoms with Crippen molar-refractivity contribution in [1.29, 1.82) is 5.26 Å². The average Bonchev–Trinajstić information content (AvgIpc) is 2.49. The summed E-state index contributed by atoms with van der Waals surface area (Å²) < 4.78 is 0. The fraction of sp³-hybridized carbons (Fsp3) is 0.250. The minimum atomic E-state index is 0.211. The largest absolute Gasteiger partial charge is 0.397 e. The zero-order valence-corrected chi connectivity index (χ0v) is 11.1. The number of aryl methyl sites for hydroxylation is 1. The Balaban J connectivity index is 1.92. The zero-order valence-electron chi connectivity index (χ0n) is 11.1. The number of aromatic nitrogens is 1. The van der Waals surface area contributed by atoms with Gasteiger partial charge < -0.3 is 11.1 Å². The van der Waals surface area contributed by atoms with Crippen LogP contribution in [0.25, 0.3) is 0 Å². The Kier molecular flexibility index (Phi) is 3.26. The number of nitrogens with zero attached hydrogens (tertiary/aromatic N) is 2. The van der Waals surface area contributed by atoms with Crippen molar-refractivity contribution in [1.82, 2.24) is 4.98 Å². The van der Waals surface area contributed by atoms with Gasteiger partial charge in [0.1, 0.15) is 11.9 Å². The Hall–Kier alpha value is -2.54. The van der Waals surface area contributed by atoms with Crippen LogP contribution in [0.5, 0.6) is 0 Å². The van der Waals surface area contributed by atoms with E-state index in [0.29, 0.717) is 17.1 Å². The van der Waals surface area contributed by atoms with Crippen molar-refractivity contribution in [3.05, 3.63) is 53.2 Å². The van der Waals surface area contributed by atoms with Gasteiger partial charge in [-0.3, -0.25) is 0 Å². The normalized spacial score (nSPS) is 17.1. The molecule has 0 saturated heterocycles.